The van der Waals surface area contributed by atoms with E-state index in [1.165, 1.54) is 5.56 Å². The van der Waals surface area contributed by atoms with Crippen LogP contribution in [0.2, 0.25) is 0 Å². The zero-order valence-corrected chi connectivity index (χ0v) is 14.8. The zero-order valence-electron chi connectivity index (χ0n) is 14.0. The maximum atomic E-state index is 12.7. The van der Waals surface area contributed by atoms with Crippen LogP contribution < -0.4 is 5.73 Å². The SMILES string of the molecule is CCC1CN(C(=O)c2cccc(N)c2)CCC1c1ccccc1.Cl. The second kappa shape index (κ2) is 8.20. The summed E-state index contributed by atoms with van der Waals surface area (Å²) in [7, 11) is 0. The first-order chi connectivity index (χ1) is 11.2. The van der Waals surface area contributed by atoms with E-state index in [1.807, 2.05) is 23.1 Å². The lowest BCUT2D eigenvalue weighted by atomic mass is 9.79. The summed E-state index contributed by atoms with van der Waals surface area (Å²) in [6, 6.07) is 18.0. The Kier molecular flexibility index (Phi) is 6.27. The summed E-state index contributed by atoms with van der Waals surface area (Å²) in [5.41, 5.74) is 8.54. The third-order valence-corrected chi connectivity index (χ3v) is 4.91. The fourth-order valence-electron chi connectivity index (χ4n) is 3.62. The molecule has 128 valence electrons. The first kappa shape index (κ1) is 18.3. The molecule has 1 aliphatic rings. The Balaban J connectivity index is 0.00000208. The van der Waals surface area contributed by atoms with Crippen molar-refractivity contribution in [2.75, 3.05) is 18.8 Å². The van der Waals surface area contributed by atoms with E-state index >= 15 is 0 Å². The van der Waals surface area contributed by atoms with Crippen LogP contribution in [-0.2, 0) is 0 Å². The average molecular weight is 345 g/mol. The van der Waals surface area contributed by atoms with Crippen molar-refractivity contribution in [2.24, 2.45) is 5.92 Å². The Bertz CT molecular complexity index is 674. The molecule has 0 radical (unpaired) electrons. The number of rotatable bonds is 3. The van der Waals surface area contributed by atoms with Crippen molar-refractivity contribution in [3.63, 3.8) is 0 Å². The molecule has 1 saturated heterocycles. The van der Waals surface area contributed by atoms with E-state index in [2.05, 4.69) is 37.3 Å². The number of carbonyl (C=O) groups is 1. The molecule has 0 saturated carbocycles. The highest BCUT2D eigenvalue weighted by Crippen LogP contribution is 2.35. The number of nitrogens with zero attached hydrogens (tertiary/aromatic N) is 1. The van der Waals surface area contributed by atoms with Gasteiger partial charge in [0.1, 0.15) is 0 Å². The molecule has 1 aliphatic heterocycles. The molecule has 24 heavy (non-hydrogen) atoms. The van der Waals surface area contributed by atoms with Crippen molar-refractivity contribution in [1.29, 1.82) is 0 Å². The number of hydrogen-bond acceptors (Lipinski definition) is 2. The summed E-state index contributed by atoms with van der Waals surface area (Å²) >= 11 is 0. The lowest BCUT2D eigenvalue weighted by Gasteiger charge is -2.38. The smallest absolute Gasteiger partial charge is 0.253 e. The van der Waals surface area contributed by atoms with Gasteiger partial charge in [-0.15, -0.1) is 12.4 Å². The number of carbonyl (C=O) groups excluding carboxylic acids is 1. The number of nitrogen functional groups attached to an aromatic ring is 1. The Labute approximate surface area is 150 Å². The quantitative estimate of drug-likeness (QED) is 0.841. The minimum atomic E-state index is 0. The predicted octanol–water partition coefficient (Wildman–Crippen LogP) is 4.35. The Morgan fingerprint density at radius 1 is 1.17 bits per heavy atom. The van der Waals surface area contributed by atoms with Gasteiger partial charge in [-0.05, 0) is 42.0 Å². The minimum absolute atomic E-state index is 0. The molecule has 0 aliphatic carbocycles. The highest BCUT2D eigenvalue weighted by Gasteiger charge is 2.31. The molecule has 1 heterocycles. The number of halogens is 1. The van der Waals surface area contributed by atoms with Crippen LogP contribution in [0, 0.1) is 5.92 Å². The molecule has 2 N–H and O–H groups in total. The highest BCUT2D eigenvalue weighted by molar-refractivity contribution is 5.95. The van der Waals surface area contributed by atoms with E-state index in [-0.39, 0.29) is 18.3 Å². The van der Waals surface area contributed by atoms with Crippen molar-refractivity contribution < 1.29 is 4.79 Å². The van der Waals surface area contributed by atoms with Gasteiger partial charge in [-0.1, -0.05) is 49.7 Å². The molecule has 1 amide bonds. The number of hydrogen-bond donors (Lipinski definition) is 1. The molecule has 2 atom stereocenters. The summed E-state index contributed by atoms with van der Waals surface area (Å²) in [6.07, 6.45) is 2.11. The topological polar surface area (TPSA) is 46.3 Å². The number of amides is 1. The Morgan fingerprint density at radius 2 is 1.92 bits per heavy atom. The van der Waals surface area contributed by atoms with Gasteiger partial charge in [0.2, 0.25) is 0 Å². The van der Waals surface area contributed by atoms with Gasteiger partial charge in [0, 0.05) is 24.3 Å². The van der Waals surface area contributed by atoms with Gasteiger partial charge in [-0.25, -0.2) is 0 Å². The minimum Gasteiger partial charge on any atom is -0.399 e. The van der Waals surface area contributed by atoms with Crippen LogP contribution >= 0.6 is 12.4 Å². The lowest BCUT2D eigenvalue weighted by molar-refractivity contribution is 0.0645. The Morgan fingerprint density at radius 3 is 2.58 bits per heavy atom. The second-order valence-corrected chi connectivity index (χ2v) is 6.35. The third kappa shape index (κ3) is 3.90. The molecule has 1 fully saturated rings. The highest BCUT2D eigenvalue weighted by atomic mass is 35.5. The van der Waals surface area contributed by atoms with Crippen LogP contribution in [0.15, 0.2) is 54.6 Å². The first-order valence-corrected chi connectivity index (χ1v) is 8.38. The normalized spacial score (nSPS) is 20.3. The summed E-state index contributed by atoms with van der Waals surface area (Å²) in [5, 5.41) is 0. The van der Waals surface area contributed by atoms with Crippen molar-refractivity contribution in [1.82, 2.24) is 4.90 Å². The van der Waals surface area contributed by atoms with Crippen LogP contribution in [0.4, 0.5) is 5.69 Å². The van der Waals surface area contributed by atoms with Gasteiger partial charge in [0.15, 0.2) is 0 Å². The molecule has 4 heteroatoms. The summed E-state index contributed by atoms with van der Waals surface area (Å²) in [5.74, 6) is 1.16. The van der Waals surface area contributed by atoms with Gasteiger partial charge in [-0.3, -0.25) is 4.79 Å². The molecule has 3 rings (SSSR count). The molecule has 0 bridgehead atoms. The van der Waals surface area contributed by atoms with Crippen LogP contribution in [0.25, 0.3) is 0 Å². The zero-order chi connectivity index (χ0) is 16.2. The fourth-order valence-corrected chi connectivity index (χ4v) is 3.62. The number of nitrogens with two attached hydrogens (primary N) is 1. The van der Waals surface area contributed by atoms with Crippen LogP contribution in [0.3, 0.4) is 0 Å². The number of piperidine rings is 1. The predicted molar refractivity (Wildman–Crippen MR) is 102 cm³/mol. The second-order valence-electron chi connectivity index (χ2n) is 6.35. The fraction of sp³-hybridized carbons (Fsp3) is 0.350. The largest absolute Gasteiger partial charge is 0.399 e. The van der Waals surface area contributed by atoms with Crippen molar-refractivity contribution in [3.05, 3.63) is 65.7 Å². The van der Waals surface area contributed by atoms with E-state index in [0.29, 0.717) is 23.1 Å². The van der Waals surface area contributed by atoms with E-state index in [1.54, 1.807) is 6.07 Å². The molecule has 2 aromatic carbocycles. The molecule has 3 nitrogen and oxygen atoms in total. The maximum Gasteiger partial charge on any atom is 0.253 e. The third-order valence-electron chi connectivity index (χ3n) is 4.91. The monoisotopic (exact) mass is 344 g/mol. The maximum absolute atomic E-state index is 12.7. The molecule has 0 aromatic heterocycles. The molecule has 0 spiro atoms. The molecule has 2 unspecified atom stereocenters. The number of benzene rings is 2. The standard InChI is InChI=1S/C20H24N2O.ClH/c1-2-15-14-22(20(23)17-9-6-10-18(21)13-17)12-11-19(15)16-7-4-3-5-8-16;/h3-10,13,15,19H,2,11-12,14,21H2,1H3;1H. The van der Waals surface area contributed by atoms with Crippen molar-refractivity contribution in [3.8, 4) is 0 Å². The van der Waals surface area contributed by atoms with Crippen LogP contribution in [0.5, 0.6) is 0 Å². The lowest BCUT2D eigenvalue weighted by Crippen LogP contribution is -2.42. The number of likely N-dealkylation sites (tertiary alicyclic amines) is 1. The number of anilines is 1. The van der Waals surface area contributed by atoms with Gasteiger partial charge in [-0.2, -0.15) is 0 Å². The summed E-state index contributed by atoms with van der Waals surface area (Å²) < 4.78 is 0. The van der Waals surface area contributed by atoms with E-state index in [0.717, 1.165) is 25.9 Å². The van der Waals surface area contributed by atoms with Crippen molar-refractivity contribution in [2.45, 2.75) is 25.7 Å². The van der Waals surface area contributed by atoms with Gasteiger partial charge in [0.25, 0.3) is 5.91 Å². The molecule has 2 aromatic rings. The average Bonchev–Trinajstić information content (AvgIpc) is 2.61. The van der Waals surface area contributed by atoms with Crippen molar-refractivity contribution >= 4 is 24.0 Å². The molecular weight excluding hydrogens is 320 g/mol. The van der Waals surface area contributed by atoms with Gasteiger partial charge < -0.3 is 10.6 Å². The Hall–Kier alpha value is -2.00. The van der Waals surface area contributed by atoms with Gasteiger partial charge >= 0.3 is 0 Å². The molecular formula is C20H25ClN2O. The van der Waals surface area contributed by atoms with E-state index < -0.39 is 0 Å². The summed E-state index contributed by atoms with van der Waals surface area (Å²) in [6.45, 7) is 3.85. The first-order valence-electron chi connectivity index (χ1n) is 8.38. The van der Waals surface area contributed by atoms with Crippen LogP contribution in [-0.4, -0.2) is 23.9 Å². The van der Waals surface area contributed by atoms with Gasteiger partial charge in [0.05, 0.1) is 0 Å². The van der Waals surface area contributed by atoms with Crippen LogP contribution in [0.1, 0.15) is 41.6 Å². The van der Waals surface area contributed by atoms with E-state index in [9.17, 15) is 4.79 Å². The summed E-state index contributed by atoms with van der Waals surface area (Å²) in [4.78, 5) is 14.7. The van der Waals surface area contributed by atoms with E-state index in [4.69, 9.17) is 5.73 Å².